The second-order valence-corrected chi connectivity index (χ2v) is 30.6. The number of carbonyl (C=O) groups is 8. The van der Waals surface area contributed by atoms with E-state index in [1.165, 1.54) is 51.3 Å². The molecule has 114 heavy (non-hydrogen) atoms. The molecule has 0 saturated carbocycles. The molecule has 5 aromatic rings. The van der Waals surface area contributed by atoms with Crippen LogP contribution in [0.2, 0.25) is 10.0 Å². The molecule has 18 atom stereocenters. The van der Waals surface area contributed by atoms with Gasteiger partial charge in [0, 0.05) is 47.8 Å². The number of nitrogens with one attached hydrogen (secondary N) is 9. The summed E-state index contributed by atoms with van der Waals surface area (Å²) in [5.41, 5.74) is 1.85. The Morgan fingerprint density at radius 3 is 1.90 bits per heavy atom. The Bertz CT molecular complexity index is 4340. The first-order valence-electron chi connectivity index (χ1n) is 37.9. The van der Waals surface area contributed by atoms with Gasteiger partial charge in [-0.2, -0.15) is 0 Å². The summed E-state index contributed by atoms with van der Waals surface area (Å²) in [6.07, 6.45) is -9.00. The number of carboxylic acids is 1. The van der Waals surface area contributed by atoms with Crippen LogP contribution in [0.25, 0.3) is 11.1 Å². The Morgan fingerprint density at radius 1 is 0.675 bits per heavy atom. The Hall–Kier alpha value is -9.24. The van der Waals surface area contributed by atoms with Crippen LogP contribution in [0.5, 0.6) is 46.0 Å². The molecule has 36 heteroatoms. The molecular formula is C78H100Cl2N10O24. The number of primary amides is 1. The minimum absolute atomic E-state index is 0.0992. The van der Waals surface area contributed by atoms with Crippen molar-refractivity contribution in [1.29, 1.82) is 0 Å². The van der Waals surface area contributed by atoms with E-state index in [0.29, 0.717) is 13.1 Å². The molecule has 2 saturated heterocycles. The quantitative estimate of drug-likeness (QED) is 0.0352. The van der Waals surface area contributed by atoms with Crippen LogP contribution in [0, 0.1) is 5.92 Å². The molecule has 5 aromatic carbocycles. The molecule has 7 heterocycles. The van der Waals surface area contributed by atoms with Gasteiger partial charge < -0.3 is 133 Å². The number of nitrogens with two attached hydrogens (primary N) is 1. The number of halogens is 2. The van der Waals surface area contributed by atoms with Crippen LogP contribution in [0.15, 0.2) is 78.9 Å². The second-order valence-electron chi connectivity index (χ2n) is 29.8. The molecule has 0 radical (unpaired) electrons. The summed E-state index contributed by atoms with van der Waals surface area (Å²) < 4.78 is 39.4. The topological polar surface area (TPSA) is 529 Å². The third kappa shape index (κ3) is 20.5. The van der Waals surface area contributed by atoms with Gasteiger partial charge in [0.2, 0.25) is 53.4 Å². The Kier molecular flexibility index (Phi) is 29.4. The van der Waals surface area contributed by atoms with Crippen molar-refractivity contribution in [1.82, 2.24) is 47.9 Å². The Balaban J connectivity index is 1.15. The highest BCUT2D eigenvalue weighted by atomic mass is 35.5. The number of hydrogen-bond acceptors (Lipinski definition) is 26. The van der Waals surface area contributed by atoms with Crippen molar-refractivity contribution in [2.24, 2.45) is 11.7 Å². The van der Waals surface area contributed by atoms with Crippen molar-refractivity contribution in [2.45, 2.75) is 214 Å². The Morgan fingerprint density at radius 2 is 1.29 bits per heavy atom. The molecule has 620 valence electrons. The first-order valence-corrected chi connectivity index (χ1v) is 38.6. The number of fused-ring (bicyclic) bond motifs is 15. The highest BCUT2D eigenvalue weighted by molar-refractivity contribution is 6.32. The number of aliphatic hydroxyl groups is 6. The lowest BCUT2D eigenvalue weighted by Crippen LogP contribution is -2.65. The number of phenols is 3. The first kappa shape index (κ1) is 87.2. The SMILES string of the molecule is CCCCCCCCCCNCCN[C@@]1(C)C[C@H](O[C@H]2[C@H](Oc3c4cc5cc3Oc3ccc(cc3Cl)[C@@H](O)[C@@H]3NC(=O)[C@H](NC(=O)[C@@H]5NC(=O)[C@H](CC(N)=O)NC(=O)C(NC(=O)[C@@H](CC(C)C)NC)[C@H](O)c5ccc(c(Cl)c5)O4)c4ccc(O)c(c4)-c4c(O)cc(O)cc4[C@@H](C(=O)O)NC3=O)O[C@H](CO)[C@@H](O)[C@@H]2O)O[C@@H](C)[C@H]1O. The fourth-order valence-electron chi connectivity index (χ4n) is 14.6. The van der Waals surface area contributed by atoms with Gasteiger partial charge in [0.05, 0.1) is 41.3 Å². The number of benzene rings is 5. The zero-order valence-electron chi connectivity index (χ0n) is 63.5. The van der Waals surface area contributed by atoms with E-state index in [0.717, 1.165) is 92.5 Å². The minimum atomic E-state index is -2.35. The fraction of sp³-hybridized carbons (Fsp3) is 0.513. The number of phenolic OH excluding ortho intramolecular Hbond substituents is 3. The molecule has 11 bridgehead atoms. The maximum absolute atomic E-state index is 16.2. The highest BCUT2D eigenvalue weighted by Gasteiger charge is 2.52. The van der Waals surface area contributed by atoms with Crippen LogP contribution < -0.4 is 67.8 Å². The molecule has 0 spiro atoms. The number of carboxylic acid groups (broad SMARTS) is 1. The summed E-state index contributed by atoms with van der Waals surface area (Å²) in [7, 11) is 1.48. The summed E-state index contributed by atoms with van der Waals surface area (Å²) in [5, 5.41) is 140. The largest absolute Gasteiger partial charge is 0.508 e. The maximum atomic E-state index is 16.2. The first-order chi connectivity index (χ1) is 54.2. The van der Waals surface area contributed by atoms with Gasteiger partial charge in [-0.1, -0.05) is 107 Å². The minimum Gasteiger partial charge on any atom is -0.508 e. The van der Waals surface area contributed by atoms with Gasteiger partial charge >= 0.3 is 5.97 Å². The lowest BCUT2D eigenvalue weighted by atomic mass is 9.85. The van der Waals surface area contributed by atoms with Crippen molar-refractivity contribution in [3.63, 3.8) is 0 Å². The number of hydrogen-bond donors (Lipinski definition) is 20. The molecule has 7 aliphatic heterocycles. The van der Waals surface area contributed by atoms with Crippen LogP contribution in [-0.2, 0) is 52.6 Å². The molecule has 7 amide bonds. The zero-order valence-corrected chi connectivity index (χ0v) is 65.0. The van der Waals surface area contributed by atoms with Crippen molar-refractivity contribution < 1.29 is 118 Å². The van der Waals surface area contributed by atoms with Crippen LogP contribution in [0.4, 0.5) is 0 Å². The molecule has 12 rings (SSSR count). The summed E-state index contributed by atoms with van der Waals surface area (Å²) in [5.74, 6) is -15.8. The van der Waals surface area contributed by atoms with Gasteiger partial charge in [-0.3, -0.25) is 33.6 Å². The van der Waals surface area contributed by atoms with Crippen molar-refractivity contribution in [3.8, 4) is 57.1 Å². The van der Waals surface area contributed by atoms with Crippen molar-refractivity contribution >= 4 is 70.5 Å². The predicted octanol–water partition coefficient (Wildman–Crippen LogP) is 3.47. The number of amides is 7. The van der Waals surface area contributed by atoms with E-state index in [2.05, 4.69) is 54.8 Å². The van der Waals surface area contributed by atoms with Gasteiger partial charge in [0.15, 0.2) is 29.9 Å². The third-order valence-corrected chi connectivity index (χ3v) is 21.4. The number of aromatic hydroxyl groups is 3. The van der Waals surface area contributed by atoms with E-state index >= 15 is 14.4 Å². The predicted molar refractivity (Wildman–Crippen MR) is 409 cm³/mol. The molecule has 2 fully saturated rings. The Labute approximate surface area is 666 Å². The number of unbranched alkanes of at least 4 members (excludes halogenated alkanes) is 7. The van der Waals surface area contributed by atoms with E-state index < -0.39 is 231 Å². The highest BCUT2D eigenvalue weighted by Crippen LogP contribution is 2.50. The molecule has 7 aliphatic rings. The smallest absolute Gasteiger partial charge is 0.330 e. The monoisotopic (exact) mass is 1630 g/mol. The number of aliphatic hydroxyl groups excluding tert-OH is 6. The molecular weight excluding hydrogens is 1530 g/mol. The summed E-state index contributed by atoms with van der Waals surface area (Å²) in [6, 6.07) is -0.453. The van der Waals surface area contributed by atoms with E-state index in [1.807, 2.05) is 13.8 Å². The van der Waals surface area contributed by atoms with Crippen LogP contribution >= 0.6 is 23.2 Å². The number of rotatable bonds is 26. The molecule has 0 aromatic heterocycles. The van der Waals surface area contributed by atoms with Gasteiger partial charge in [0.25, 0.3) is 0 Å². The average Bonchev–Trinajstić information content (AvgIpc) is 0.772. The molecule has 34 nitrogen and oxygen atoms in total. The zero-order chi connectivity index (χ0) is 82.7. The normalized spacial score (nSPS) is 27.4. The molecule has 21 N–H and O–H groups in total. The van der Waals surface area contributed by atoms with Crippen LogP contribution in [0.1, 0.15) is 163 Å². The van der Waals surface area contributed by atoms with Crippen molar-refractivity contribution in [3.05, 3.63) is 117 Å². The van der Waals surface area contributed by atoms with Crippen molar-refractivity contribution in [2.75, 3.05) is 33.3 Å². The third-order valence-electron chi connectivity index (χ3n) is 20.8. The number of likely N-dealkylation sites (N-methyl/N-ethyl adjacent to an activating group) is 1. The van der Waals surface area contributed by atoms with Gasteiger partial charge in [-0.25, -0.2) is 4.79 Å². The van der Waals surface area contributed by atoms with E-state index in [1.54, 1.807) is 13.8 Å². The number of carbonyl (C=O) groups excluding carboxylic acids is 7. The van der Waals surface area contributed by atoms with E-state index in [9.17, 15) is 75.0 Å². The lowest BCUT2D eigenvalue weighted by Gasteiger charge is -2.48. The molecule has 1 unspecified atom stereocenters. The average molecular weight is 1630 g/mol. The van der Waals surface area contributed by atoms with Crippen LogP contribution in [0.3, 0.4) is 0 Å². The fourth-order valence-corrected chi connectivity index (χ4v) is 15.0. The van der Waals surface area contributed by atoms with E-state index in [4.69, 9.17) is 57.4 Å². The summed E-state index contributed by atoms with van der Waals surface area (Å²) in [6.45, 7) is 9.89. The van der Waals surface area contributed by atoms with Gasteiger partial charge in [-0.05, 0) is 123 Å². The van der Waals surface area contributed by atoms with Crippen LogP contribution in [-0.4, -0.2) is 211 Å². The van der Waals surface area contributed by atoms with Gasteiger partial charge in [-0.15, -0.1) is 0 Å². The lowest BCUT2D eigenvalue weighted by molar-refractivity contribution is -0.334. The molecule has 0 aliphatic carbocycles. The standard InChI is InChI=1S/C78H100Cl2N10O24/c1-7-8-9-10-11-12-13-14-21-83-22-23-84-78(5)33-56(109-36(4)69(78)100)113-68-66(99)65(98)54(34-91)112-77(68)114-67-52-28-40-29-53(67)111-51-20-17-39(27-45(51)80)64(97)62-75(106)88-60(76(107)108)43-30-41(92)31-49(94)57(43)42-25-37(15-18-48(42)93)58(72(103)90-62)87-73(104)59(40)86-71(102)47(32-55(81)95)85-74(105)61(89-70(101)46(82-6)24-35(2)3)63(96)38-16-19-50(110-52)44(79)26-38/h15-20,25-31,35-36,46-47,54,56,58-66,68-69,77,82-84,91-94,96-100H,7-14,21-24,32-34H2,1-6H3,(H2,81,95)(H,85,105)(H,86,102)(H,87,104)(H,88,106)(H,89,101)(H,90,103)(H,107,108)/t36-,46+,47-,54+,56-,58+,59+,60-,61?,62-,63+,64+,65+,66-,68+,69+,77-,78-/m0/s1. The van der Waals surface area contributed by atoms with E-state index in [-0.39, 0.29) is 52.0 Å². The number of aliphatic carboxylic acids is 1. The maximum Gasteiger partial charge on any atom is 0.330 e. The van der Waals surface area contributed by atoms with Gasteiger partial charge in [0.1, 0.15) is 89.5 Å². The summed E-state index contributed by atoms with van der Waals surface area (Å²) >= 11 is 14.3. The second kappa shape index (κ2) is 38.5. The number of ether oxygens (including phenoxy) is 6. The summed E-state index contributed by atoms with van der Waals surface area (Å²) in [4.78, 5) is 118.